The molecule has 3 N–H and O–H groups in total. The van der Waals surface area contributed by atoms with Crippen LogP contribution in [0, 0.1) is 6.92 Å². The van der Waals surface area contributed by atoms with E-state index in [0.717, 1.165) is 0 Å². The molecule has 1 aromatic carbocycles. The third-order valence-corrected chi connectivity index (χ3v) is 5.50. The summed E-state index contributed by atoms with van der Waals surface area (Å²) in [5, 5.41) is 2.52. The maximum atomic E-state index is 12.6. The Morgan fingerprint density at radius 3 is 2.75 bits per heavy atom. The highest BCUT2D eigenvalue weighted by Crippen LogP contribution is 2.27. The first-order valence-corrected chi connectivity index (χ1v) is 7.91. The van der Waals surface area contributed by atoms with Gasteiger partial charge in [-0.05, 0) is 43.5 Å². The first kappa shape index (κ1) is 14.8. The molecule has 1 heterocycles. The second-order valence-corrected chi connectivity index (χ2v) is 6.80. The maximum absolute atomic E-state index is 12.6. The van der Waals surface area contributed by atoms with Gasteiger partial charge in [0, 0.05) is 19.3 Å². The van der Waals surface area contributed by atoms with Crippen LogP contribution in [0.4, 0.5) is 5.69 Å². The summed E-state index contributed by atoms with van der Waals surface area (Å²) in [4.78, 5) is 12.0. The zero-order valence-electron chi connectivity index (χ0n) is 11.6. The van der Waals surface area contributed by atoms with Gasteiger partial charge in [0.25, 0.3) is 0 Å². The number of nitrogens with zero attached hydrogens (tertiary/aromatic N) is 1. The van der Waals surface area contributed by atoms with Crippen molar-refractivity contribution < 1.29 is 13.2 Å². The third kappa shape index (κ3) is 2.51. The van der Waals surface area contributed by atoms with Gasteiger partial charge in [0.05, 0.1) is 4.90 Å². The van der Waals surface area contributed by atoms with Crippen LogP contribution in [0.25, 0.3) is 0 Å². The number of likely N-dealkylation sites (N-methyl/N-ethyl adjacent to an activating group) is 1. The van der Waals surface area contributed by atoms with Crippen LogP contribution < -0.4 is 11.1 Å². The van der Waals surface area contributed by atoms with Crippen molar-refractivity contribution in [2.75, 3.05) is 19.3 Å². The lowest BCUT2D eigenvalue weighted by atomic mass is 10.2. The lowest BCUT2D eigenvalue weighted by molar-refractivity contribution is -0.123. The topological polar surface area (TPSA) is 92.5 Å². The Bertz CT molecular complexity index is 628. The summed E-state index contributed by atoms with van der Waals surface area (Å²) < 4.78 is 26.5. The van der Waals surface area contributed by atoms with Crippen molar-refractivity contribution in [3.63, 3.8) is 0 Å². The zero-order valence-corrected chi connectivity index (χ0v) is 12.4. The van der Waals surface area contributed by atoms with E-state index in [9.17, 15) is 13.2 Å². The highest BCUT2D eigenvalue weighted by atomic mass is 32.2. The van der Waals surface area contributed by atoms with Crippen LogP contribution in [0.5, 0.6) is 0 Å². The molecule has 7 heteroatoms. The van der Waals surface area contributed by atoms with Crippen LogP contribution in [0.2, 0.25) is 0 Å². The molecule has 0 spiro atoms. The number of nitrogens with one attached hydrogen (secondary N) is 1. The average Bonchev–Trinajstić information content (AvgIpc) is 2.90. The summed E-state index contributed by atoms with van der Waals surface area (Å²) in [6.07, 6.45) is 1.23. The second-order valence-electron chi connectivity index (χ2n) is 4.91. The Hall–Kier alpha value is -1.60. The molecule has 0 aliphatic carbocycles. The van der Waals surface area contributed by atoms with Gasteiger partial charge in [-0.1, -0.05) is 0 Å². The molecule has 0 bridgehead atoms. The predicted octanol–water partition coefficient (Wildman–Crippen LogP) is 0.476. The summed E-state index contributed by atoms with van der Waals surface area (Å²) in [7, 11) is -2.15. The molecule has 20 heavy (non-hydrogen) atoms. The van der Waals surface area contributed by atoms with Crippen LogP contribution in [0.3, 0.4) is 0 Å². The van der Waals surface area contributed by atoms with Gasteiger partial charge in [0.15, 0.2) is 0 Å². The normalized spacial score (nSPS) is 20.0. The van der Waals surface area contributed by atoms with Gasteiger partial charge >= 0.3 is 0 Å². The Balaban J connectivity index is 2.38. The minimum Gasteiger partial charge on any atom is -0.399 e. The van der Waals surface area contributed by atoms with E-state index in [0.29, 0.717) is 30.6 Å². The number of aryl methyl sites for hydroxylation is 1. The van der Waals surface area contributed by atoms with Crippen LogP contribution in [0.1, 0.15) is 18.4 Å². The number of sulfonamides is 1. The zero-order chi connectivity index (χ0) is 14.9. The number of anilines is 1. The Morgan fingerprint density at radius 2 is 2.15 bits per heavy atom. The van der Waals surface area contributed by atoms with Gasteiger partial charge < -0.3 is 11.1 Å². The summed E-state index contributed by atoms with van der Waals surface area (Å²) >= 11 is 0. The van der Waals surface area contributed by atoms with Crippen molar-refractivity contribution in [3.8, 4) is 0 Å². The molecule has 2 rings (SSSR count). The van der Waals surface area contributed by atoms with E-state index in [1.807, 2.05) is 0 Å². The molecule has 6 nitrogen and oxygen atoms in total. The number of amides is 1. The van der Waals surface area contributed by atoms with Gasteiger partial charge in [-0.3, -0.25) is 4.79 Å². The summed E-state index contributed by atoms with van der Waals surface area (Å²) in [5.74, 6) is -0.266. The van der Waals surface area contributed by atoms with Crippen molar-refractivity contribution in [1.29, 1.82) is 0 Å². The minimum absolute atomic E-state index is 0.181. The molecular weight excluding hydrogens is 278 g/mol. The number of hydrogen-bond acceptors (Lipinski definition) is 4. The number of carbonyl (C=O) groups excluding carboxylic acids is 1. The summed E-state index contributed by atoms with van der Waals surface area (Å²) in [5.41, 5.74) is 6.97. The van der Waals surface area contributed by atoms with Crippen molar-refractivity contribution in [3.05, 3.63) is 23.8 Å². The predicted molar refractivity (Wildman–Crippen MR) is 76.6 cm³/mol. The molecule has 1 unspecified atom stereocenters. The Kier molecular flexibility index (Phi) is 4.01. The Morgan fingerprint density at radius 1 is 1.45 bits per heavy atom. The van der Waals surface area contributed by atoms with Crippen molar-refractivity contribution in [2.24, 2.45) is 0 Å². The molecule has 1 atom stereocenters. The molecule has 1 aliphatic heterocycles. The highest BCUT2D eigenvalue weighted by molar-refractivity contribution is 7.89. The maximum Gasteiger partial charge on any atom is 0.243 e. The van der Waals surface area contributed by atoms with Gasteiger partial charge in [0.1, 0.15) is 6.04 Å². The largest absolute Gasteiger partial charge is 0.399 e. The molecular formula is C13H19N3O3S. The second kappa shape index (κ2) is 5.41. The van der Waals surface area contributed by atoms with E-state index in [2.05, 4.69) is 5.32 Å². The fourth-order valence-corrected chi connectivity index (χ4v) is 4.14. The minimum atomic E-state index is -3.67. The van der Waals surface area contributed by atoms with E-state index >= 15 is 0 Å². The molecule has 1 amide bonds. The van der Waals surface area contributed by atoms with Gasteiger partial charge in [-0.25, -0.2) is 8.42 Å². The SMILES string of the molecule is CNC(=O)C1CCCN1S(=O)(=O)c1ccc(N)c(C)c1. The van der Waals surface area contributed by atoms with Crippen LogP contribution in [0.15, 0.2) is 23.1 Å². The smallest absolute Gasteiger partial charge is 0.243 e. The standard InChI is InChI=1S/C13H19N3O3S/c1-9-8-10(5-6-11(9)14)20(18,19)16-7-3-4-12(16)13(17)15-2/h5-6,8,12H,3-4,7,14H2,1-2H3,(H,15,17). The van der Waals surface area contributed by atoms with E-state index in [-0.39, 0.29) is 10.8 Å². The van der Waals surface area contributed by atoms with E-state index in [4.69, 9.17) is 5.73 Å². The third-order valence-electron chi connectivity index (χ3n) is 3.60. The first-order valence-electron chi connectivity index (χ1n) is 6.47. The van der Waals surface area contributed by atoms with Crippen molar-refractivity contribution in [1.82, 2.24) is 9.62 Å². The fraction of sp³-hybridized carbons (Fsp3) is 0.462. The number of nitrogen functional groups attached to an aromatic ring is 1. The lowest BCUT2D eigenvalue weighted by Gasteiger charge is -2.23. The molecule has 110 valence electrons. The first-order chi connectivity index (χ1) is 9.37. The Labute approximate surface area is 119 Å². The van der Waals surface area contributed by atoms with Gasteiger partial charge in [-0.2, -0.15) is 4.31 Å². The molecule has 0 saturated carbocycles. The number of nitrogens with two attached hydrogens (primary N) is 1. The van der Waals surface area contributed by atoms with Crippen molar-refractivity contribution >= 4 is 21.6 Å². The van der Waals surface area contributed by atoms with Crippen molar-refractivity contribution in [2.45, 2.75) is 30.7 Å². The average molecular weight is 297 g/mol. The quantitative estimate of drug-likeness (QED) is 0.794. The molecule has 1 aliphatic rings. The summed E-state index contributed by atoms with van der Waals surface area (Å²) in [6, 6.07) is 3.98. The lowest BCUT2D eigenvalue weighted by Crippen LogP contribution is -2.44. The molecule has 0 aromatic heterocycles. The van der Waals surface area contributed by atoms with Crippen LogP contribution in [-0.2, 0) is 14.8 Å². The van der Waals surface area contributed by atoms with Crippen LogP contribution >= 0.6 is 0 Å². The summed E-state index contributed by atoms with van der Waals surface area (Å²) in [6.45, 7) is 2.12. The number of rotatable bonds is 3. The molecule has 1 aromatic rings. The monoisotopic (exact) mass is 297 g/mol. The number of carbonyl (C=O) groups is 1. The van der Waals surface area contributed by atoms with Crippen LogP contribution in [-0.4, -0.2) is 38.3 Å². The molecule has 1 fully saturated rings. The van der Waals surface area contributed by atoms with E-state index in [1.54, 1.807) is 19.1 Å². The van der Waals surface area contributed by atoms with Gasteiger partial charge in [0.2, 0.25) is 15.9 Å². The van der Waals surface area contributed by atoms with Gasteiger partial charge in [-0.15, -0.1) is 0 Å². The number of hydrogen-bond donors (Lipinski definition) is 2. The van der Waals surface area contributed by atoms with E-state index < -0.39 is 16.1 Å². The molecule has 0 radical (unpaired) electrons. The highest BCUT2D eigenvalue weighted by Gasteiger charge is 2.39. The fourth-order valence-electron chi connectivity index (χ4n) is 2.40. The number of benzene rings is 1. The molecule has 1 saturated heterocycles. The van der Waals surface area contributed by atoms with E-state index in [1.165, 1.54) is 17.4 Å².